The van der Waals surface area contributed by atoms with Crippen LogP contribution >= 0.6 is 0 Å². The van der Waals surface area contributed by atoms with Gasteiger partial charge in [0.15, 0.2) is 0 Å². The van der Waals surface area contributed by atoms with Gasteiger partial charge in [0.25, 0.3) is 0 Å². The van der Waals surface area contributed by atoms with Gasteiger partial charge in [-0.2, -0.15) is 9.59 Å². The normalized spacial score (nSPS) is 16.3. The van der Waals surface area contributed by atoms with E-state index in [9.17, 15) is 0 Å². The van der Waals surface area contributed by atoms with E-state index in [4.69, 9.17) is 9.59 Å². The van der Waals surface area contributed by atoms with E-state index in [0.29, 0.717) is 6.04 Å². The van der Waals surface area contributed by atoms with Crippen LogP contribution in [-0.4, -0.2) is 18.2 Å². The zero-order valence-electron chi connectivity index (χ0n) is 11.8. The number of aryl methyl sites for hydroxylation is 1. The minimum absolute atomic E-state index is 0.250. The topological polar surface area (TPSA) is 46.2 Å². The zero-order valence-corrected chi connectivity index (χ0v) is 11.8. The summed E-state index contributed by atoms with van der Waals surface area (Å²) in [6.45, 7) is 4.45. The van der Waals surface area contributed by atoms with Gasteiger partial charge in [0, 0.05) is 12.1 Å². The molecule has 0 radical (unpaired) electrons. The fourth-order valence-corrected chi connectivity index (χ4v) is 2.63. The number of benzene rings is 1. The molecule has 0 bridgehead atoms. The maximum absolute atomic E-state index is 8.12. The first-order valence-electron chi connectivity index (χ1n) is 6.96. The maximum atomic E-state index is 8.12. The van der Waals surface area contributed by atoms with Crippen LogP contribution in [0.5, 0.6) is 0 Å². The SMILES string of the molecule is Cc1ccc(CC(C)NC2CCCC2)cc1.O=C=O. The lowest BCUT2D eigenvalue weighted by molar-refractivity contribution is -0.191. The van der Waals surface area contributed by atoms with Crippen LogP contribution in [-0.2, 0) is 16.0 Å². The Bertz CT molecular complexity index is 388. The first-order chi connectivity index (χ1) is 9.15. The summed E-state index contributed by atoms with van der Waals surface area (Å²) >= 11 is 0. The van der Waals surface area contributed by atoms with Crippen LogP contribution < -0.4 is 5.32 Å². The Balaban J connectivity index is 0.000000550. The zero-order chi connectivity index (χ0) is 14.1. The van der Waals surface area contributed by atoms with Gasteiger partial charge in [0.2, 0.25) is 0 Å². The lowest BCUT2D eigenvalue weighted by atomic mass is 10.0. The van der Waals surface area contributed by atoms with E-state index in [0.717, 1.165) is 12.5 Å². The molecule has 1 saturated carbocycles. The van der Waals surface area contributed by atoms with Gasteiger partial charge in [-0.3, -0.25) is 0 Å². The van der Waals surface area contributed by atoms with Gasteiger partial charge in [-0.25, -0.2) is 0 Å². The van der Waals surface area contributed by atoms with E-state index in [-0.39, 0.29) is 6.15 Å². The molecule has 0 saturated heterocycles. The minimum atomic E-state index is 0.250. The summed E-state index contributed by atoms with van der Waals surface area (Å²) in [4.78, 5) is 16.2. The van der Waals surface area contributed by atoms with Crippen LogP contribution in [0.25, 0.3) is 0 Å². The summed E-state index contributed by atoms with van der Waals surface area (Å²) in [5, 5.41) is 3.74. The monoisotopic (exact) mass is 261 g/mol. The Morgan fingerprint density at radius 1 is 1.21 bits per heavy atom. The lowest BCUT2D eigenvalue weighted by Gasteiger charge is -2.19. The predicted octanol–water partition coefficient (Wildman–Crippen LogP) is 2.87. The Morgan fingerprint density at radius 2 is 1.74 bits per heavy atom. The van der Waals surface area contributed by atoms with E-state index < -0.39 is 0 Å². The largest absolute Gasteiger partial charge is 0.373 e. The van der Waals surface area contributed by atoms with Crippen molar-refractivity contribution in [3.8, 4) is 0 Å². The average Bonchev–Trinajstić information content (AvgIpc) is 2.86. The first-order valence-corrected chi connectivity index (χ1v) is 6.96. The fraction of sp³-hybridized carbons (Fsp3) is 0.562. The minimum Gasteiger partial charge on any atom is -0.311 e. The van der Waals surface area contributed by atoms with Gasteiger partial charge in [-0.1, -0.05) is 42.7 Å². The van der Waals surface area contributed by atoms with Gasteiger partial charge in [0.1, 0.15) is 0 Å². The molecule has 1 aromatic rings. The molecule has 0 aromatic heterocycles. The second-order valence-electron chi connectivity index (χ2n) is 5.32. The van der Waals surface area contributed by atoms with Crippen molar-refractivity contribution in [2.75, 3.05) is 0 Å². The highest BCUT2D eigenvalue weighted by molar-refractivity contribution is 5.22. The molecule has 0 heterocycles. The van der Waals surface area contributed by atoms with Crippen molar-refractivity contribution in [2.24, 2.45) is 0 Å². The summed E-state index contributed by atoms with van der Waals surface area (Å²) in [6.07, 6.45) is 6.97. The Kier molecular flexibility index (Phi) is 7.09. The van der Waals surface area contributed by atoms with Gasteiger partial charge in [-0.15, -0.1) is 0 Å². The van der Waals surface area contributed by atoms with Crippen LogP contribution in [0.4, 0.5) is 0 Å². The van der Waals surface area contributed by atoms with Crippen molar-refractivity contribution in [1.82, 2.24) is 5.32 Å². The highest BCUT2D eigenvalue weighted by atomic mass is 16.2. The van der Waals surface area contributed by atoms with Crippen molar-refractivity contribution >= 4 is 6.15 Å². The van der Waals surface area contributed by atoms with Crippen LogP contribution in [0.3, 0.4) is 0 Å². The lowest BCUT2D eigenvalue weighted by Crippen LogP contribution is -2.35. The van der Waals surface area contributed by atoms with Crippen molar-refractivity contribution in [3.05, 3.63) is 35.4 Å². The molecule has 0 aliphatic heterocycles. The molecule has 1 fully saturated rings. The molecule has 1 aliphatic carbocycles. The maximum Gasteiger partial charge on any atom is 0.373 e. The summed E-state index contributed by atoms with van der Waals surface area (Å²) in [5.41, 5.74) is 2.80. The van der Waals surface area contributed by atoms with Crippen LogP contribution in [0, 0.1) is 6.92 Å². The van der Waals surface area contributed by atoms with E-state index in [1.165, 1.54) is 36.8 Å². The molecule has 3 heteroatoms. The molecule has 0 spiro atoms. The molecule has 1 aliphatic rings. The second kappa shape index (κ2) is 8.63. The smallest absolute Gasteiger partial charge is 0.311 e. The molecule has 0 amide bonds. The molecule has 1 N–H and O–H groups in total. The predicted molar refractivity (Wildman–Crippen MR) is 74.7 cm³/mol. The fourth-order valence-electron chi connectivity index (χ4n) is 2.63. The van der Waals surface area contributed by atoms with Gasteiger partial charge in [0.05, 0.1) is 0 Å². The molecular weight excluding hydrogens is 238 g/mol. The van der Waals surface area contributed by atoms with Crippen LogP contribution in [0.1, 0.15) is 43.7 Å². The number of nitrogens with one attached hydrogen (secondary N) is 1. The molecule has 19 heavy (non-hydrogen) atoms. The van der Waals surface area contributed by atoms with Gasteiger partial charge in [-0.05, 0) is 38.7 Å². The van der Waals surface area contributed by atoms with Crippen molar-refractivity contribution in [1.29, 1.82) is 0 Å². The van der Waals surface area contributed by atoms with Crippen LogP contribution in [0.15, 0.2) is 24.3 Å². The number of hydrogen-bond donors (Lipinski definition) is 1. The van der Waals surface area contributed by atoms with Gasteiger partial charge >= 0.3 is 6.15 Å². The molecule has 1 unspecified atom stereocenters. The average molecular weight is 261 g/mol. The Hall–Kier alpha value is -1.44. The van der Waals surface area contributed by atoms with E-state index >= 15 is 0 Å². The highest BCUT2D eigenvalue weighted by Crippen LogP contribution is 2.18. The van der Waals surface area contributed by atoms with E-state index in [1.54, 1.807) is 0 Å². The highest BCUT2D eigenvalue weighted by Gasteiger charge is 2.16. The molecule has 104 valence electrons. The van der Waals surface area contributed by atoms with Gasteiger partial charge < -0.3 is 5.32 Å². The molecule has 1 aromatic carbocycles. The number of carbonyl (C=O) groups excluding carboxylic acids is 2. The van der Waals surface area contributed by atoms with Crippen molar-refractivity contribution in [2.45, 2.75) is 58.0 Å². The molecule has 1 atom stereocenters. The molecule has 3 nitrogen and oxygen atoms in total. The van der Waals surface area contributed by atoms with E-state index in [2.05, 4.69) is 43.4 Å². The van der Waals surface area contributed by atoms with Crippen molar-refractivity contribution < 1.29 is 9.59 Å². The summed E-state index contributed by atoms with van der Waals surface area (Å²) < 4.78 is 0. The van der Waals surface area contributed by atoms with Crippen molar-refractivity contribution in [3.63, 3.8) is 0 Å². The summed E-state index contributed by atoms with van der Waals surface area (Å²) in [7, 11) is 0. The Morgan fingerprint density at radius 3 is 2.26 bits per heavy atom. The number of hydrogen-bond acceptors (Lipinski definition) is 3. The molecular formula is C16H23NO2. The second-order valence-corrected chi connectivity index (χ2v) is 5.32. The first kappa shape index (κ1) is 15.6. The molecule has 2 rings (SSSR count). The number of rotatable bonds is 4. The van der Waals surface area contributed by atoms with E-state index in [1.807, 2.05) is 0 Å². The third-order valence-electron chi connectivity index (χ3n) is 3.54. The quantitative estimate of drug-likeness (QED) is 0.906. The standard InChI is InChI=1S/C15H23N.CO2/c1-12-7-9-14(10-8-12)11-13(2)16-15-5-3-4-6-15;2-1-3/h7-10,13,15-16H,3-6,11H2,1-2H3;. The third-order valence-corrected chi connectivity index (χ3v) is 3.54. The summed E-state index contributed by atoms with van der Waals surface area (Å²) in [5.74, 6) is 0. The summed E-state index contributed by atoms with van der Waals surface area (Å²) in [6, 6.07) is 10.3. The van der Waals surface area contributed by atoms with Crippen LogP contribution in [0.2, 0.25) is 0 Å². The third kappa shape index (κ3) is 6.32. The Labute approximate surface area is 115 Å².